The van der Waals surface area contributed by atoms with Crippen LogP contribution < -0.4 is 5.73 Å². The van der Waals surface area contributed by atoms with Gasteiger partial charge in [0.2, 0.25) is 0 Å². The van der Waals surface area contributed by atoms with Crippen molar-refractivity contribution in [3.63, 3.8) is 0 Å². The second kappa shape index (κ2) is 4.41. The van der Waals surface area contributed by atoms with E-state index in [1.54, 1.807) is 17.7 Å². The van der Waals surface area contributed by atoms with Crippen LogP contribution in [0.1, 0.15) is 13.2 Å². The zero-order valence-corrected chi connectivity index (χ0v) is 11.6. The minimum absolute atomic E-state index is 0.344. The number of halogens is 1. The second-order valence-electron chi connectivity index (χ2n) is 4.55. The monoisotopic (exact) mass is 328 g/mol. The van der Waals surface area contributed by atoms with Gasteiger partial charge in [0.15, 0.2) is 6.23 Å². The molecule has 0 amide bonds. The van der Waals surface area contributed by atoms with Crippen molar-refractivity contribution in [2.75, 3.05) is 5.73 Å². The number of hydrogen-bond donors (Lipinski definition) is 3. The van der Waals surface area contributed by atoms with Gasteiger partial charge in [0, 0.05) is 10.7 Å². The van der Waals surface area contributed by atoms with Gasteiger partial charge in [0.25, 0.3) is 0 Å². The van der Waals surface area contributed by atoms with E-state index < -0.39 is 24.5 Å². The third-order valence-corrected chi connectivity index (χ3v) is 3.94. The molecule has 1 aliphatic heterocycles. The number of anilines is 1. The Hall–Kier alpha value is -1.22. The Labute approximate surface area is 117 Å². The molecule has 19 heavy (non-hydrogen) atoms. The molecule has 0 aliphatic carbocycles. The summed E-state index contributed by atoms with van der Waals surface area (Å²) in [5.41, 5.74) is 6.36. The number of rotatable bonds is 1. The van der Waals surface area contributed by atoms with Gasteiger partial charge < -0.3 is 25.3 Å². The number of nitrogens with zero attached hydrogens (tertiary/aromatic N) is 3. The molecule has 3 heterocycles. The van der Waals surface area contributed by atoms with Crippen LogP contribution in [0.2, 0.25) is 0 Å². The average molecular weight is 329 g/mol. The Morgan fingerprint density at radius 3 is 2.74 bits per heavy atom. The third kappa shape index (κ3) is 1.83. The van der Waals surface area contributed by atoms with Crippen molar-refractivity contribution < 1.29 is 14.9 Å². The zero-order chi connectivity index (χ0) is 13.7. The van der Waals surface area contributed by atoms with Gasteiger partial charge in [-0.15, -0.1) is 0 Å². The molecule has 0 bridgehead atoms. The number of aliphatic hydroxyl groups is 2. The van der Waals surface area contributed by atoms with Crippen LogP contribution in [0, 0.1) is 0 Å². The van der Waals surface area contributed by atoms with Gasteiger partial charge in [0.1, 0.15) is 30.0 Å². The Morgan fingerprint density at radius 1 is 1.37 bits per heavy atom. The fourth-order valence-corrected chi connectivity index (χ4v) is 2.91. The first-order valence-electron chi connectivity index (χ1n) is 5.79. The van der Waals surface area contributed by atoms with Crippen molar-refractivity contribution in [1.82, 2.24) is 14.5 Å². The molecule has 1 fully saturated rings. The van der Waals surface area contributed by atoms with E-state index in [2.05, 4.69) is 25.9 Å². The number of aliphatic hydroxyl groups excluding tert-OH is 2. The molecule has 1 aliphatic rings. The smallest absolute Gasteiger partial charge is 0.164 e. The van der Waals surface area contributed by atoms with Crippen molar-refractivity contribution >= 4 is 32.8 Å². The number of ether oxygens (including phenoxy) is 1. The summed E-state index contributed by atoms with van der Waals surface area (Å²) in [6.45, 7) is 1.71. The summed E-state index contributed by atoms with van der Waals surface area (Å²) < 4.78 is 7.94. The highest BCUT2D eigenvalue weighted by Crippen LogP contribution is 2.36. The van der Waals surface area contributed by atoms with E-state index in [0.717, 1.165) is 0 Å². The molecule has 4 atom stereocenters. The molecular formula is C11H13BrN4O3. The molecule has 7 nitrogen and oxygen atoms in total. The van der Waals surface area contributed by atoms with Crippen LogP contribution in [-0.4, -0.2) is 43.1 Å². The Kier molecular flexibility index (Phi) is 2.97. The summed E-state index contributed by atoms with van der Waals surface area (Å²) in [6, 6.07) is 0. The van der Waals surface area contributed by atoms with E-state index in [4.69, 9.17) is 10.5 Å². The van der Waals surface area contributed by atoms with E-state index in [9.17, 15) is 10.2 Å². The maximum Gasteiger partial charge on any atom is 0.164 e. The fraction of sp³-hybridized carbons (Fsp3) is 0.455. The van der Waals surface area contributed by atoms with E-state index >= 15 is 0 Å². The first-order chi connectivity index (χ1) is 9.00. The number of hydrogen-bond acceptors (Lipinski definition) is 6. The van der Waals surface area contributed by atoms with Gasteiger partial charge in [-0.05, 0) is 22.9 Å². The van der Waals surface area contributed by atoms with Gasteiger partial charge in [-0.2, -0.15) is 0 Å². The third-order valence-electron chi connectivity index (χ3n) is 3.34. The number of aromatic nitrogens is 3. The summed E-state index contributed by atoms with van der Waals surface area (Å²) in [6.07, 6.45) is -0.0338. The molecule has 102 valence electrons. The number of nitrogens with two attached hydrogens (primary N) is 1. The molecule has 1 saturated heterocycles. The summed E-state index contributed by atoms with van der Waals surface area (Å²) in [7, 11) is 0. The molecule has 0 radical (unpaired) electrons. The maximum absolute atomic E-state index is 10.0. The lowest BCUT2D eigenvalue weighted by atomic mass is 10.1. The molecule has 0 saturated carbocycles. The van der Waals surface area contributed by atoms with Gasteiger partial charge in [-0.25, -0.2) is 9.97 Å². The molecule has 0 spiro atoms. The lowest BCUT2D eigenvalue weighted by Crippen LogP contribution is -2.30. The number of fused-ring (bicyclic) bond motifs is 1. The highest BCUT2D eigenvalue weighted by molar-refractivity contribution is 9.10. The van der Waals surface area contributed by atoms with Crippen LogP contribution in [0.5, 0.6) is 0 Å². The fourth-order valence-electron chi connectivity index (χ4n) is 2.31. The van der Waals surface area contributed by atoms with Crippen molar-refractivity contribution in [1.29, 1.82) is 0 Å². The predicted octanol–water partition coefficient (Wildman–Crippen LogP) is 0.415. The van der Waals surface area contributed by atoms with Gasteiger partial charge in [-0.3, -0.25) is 0 Å². The maximum atomic E-state index is 10.0. The van der Waals surface area contributed by atoms with Crippen LogP contribution in [0.4, 0.5) is 5.82 Å². The minimum Gasteiger partial charge on any atom is -0.388 e. The van der Waals surface area contributed by atoms with Crippen molar-refractivity contribution in [3.8, 4) is 0 Å². The largest absolute Gasteiger partial charge is 0.388 e. The quantitative estimate of drug-likeness (QED) is 0.700. The lowest BCUT2D eigenvalue weighted by molar-refractivity contribution is -0.0296. The van der Waals surface area contributed by atoms with Crippen LogP contribution >= 0.6 is 15.9 Å². The van der Waals surface area contributed by atoms with Crippen molar-refractivity contribution in [2.24, 2.45) is 0 Å². The van der Waals surface area contributed by atoms with E-state index in [0.29, 0.717) is 21.3 Å². The molecule has 4 N–H and O–H groups in total. The van der Waals surface area contributed by atoms with Gasteiger partial charge in [0.05, 0.1) is 11.5 Å². The second-order valence-corrected chi connectivity index (χ2v) is 5.41. The number of nitrogen functional groups attached to an aromatic ring is 1. The molecule has 2 unspecified atom stereocenters. The summed E-state index contributed by atoms with van der Waals surface area (Å²) in [5.74, 6) is 0.344. The Bertz CT molecular complexity index is 632. The molecule has 2 aromatic heterocycles. The van der Waals surface area contributed by atoms with Crippen molar-refractivity contribution in [2.45, 2.75) is 31.5 Å². The highest BCUT2D eigenvalue weighted by Gasteiger charge is 2.42. The van der Waals surface area contributed by atoms with Crippen LogP contribution in [0.15, 0.2) is 17.0 Å². The van der Waals surface area contributed by atoms with Crippen molar-refractivity contribution in [3.05, 3.63) is 17.0 Å². The normalized spacial score (nSPS) is 31.2. The van der Waals surface area contributed by atoms with Gasteiger partial charge >= 0.3 is 0 Å². The standard InChI is InChI=1S/C11H13BrN4O3/c1-4-7(17)8(18)11(19-4)16-2-5(12)6-9(13)14-3-15-10(6)16/h2-4,7-8,11,17-18H,1H3,(H2,13,14,15)/t4-,7?,8?,11-/m1/s1. The molecule has 0 aromatic carbocycles. The topological polar surface area (TPSA) is 106 Å². The Balaban J connectivity index is 2.14. The average Bonchev–Trinajstić information content (AvgIpc) is 2.83. The van der Waals surface area contributed by atoms with Crippen LogP contribution in [-0.2, 0) is 4.74 Å². The summed E-state index contributed by atoms with van der Waals surface area (Å²) in [4.78, 5) is 8.09. The van der Waals surface area contributed by atoms with Crippen LogP contribution in [0.3, 0.4) is 0 Å². The molecule has 8 heteroatoms. The van der Waals surface area contributed by atoms with E-state index in [-0.39, 0.29) is 0 Å². The first-order valence-corrected chi connectivity index (χ1v) is 6.58. The molecular weight excluding hydrogens is 316 g/mol. The Morgan fingerprint density at radius 2 is 2.11 bits per heavy atom. The zero-order valence-electron chi connectivity index (χ0n) is 10.1. The summed E-state index contributed by atoms with van der Waals surface area (Å²) in [5, 5.41) is 20.5. The predicted molar refractivity (Wildman–Crippen MR) is 71.2 cm³/mol. The van der Waals surface area contributed by atoms with Crippen LogP contribution in [0.25, 0.3) is 11.0 Å². The molecule has 3 rings (SSSR count). The summed E-state index contributed by atoms with van der Waals surface area (Å²) >= 11 is 3.39. The molecule has 2 aromatic rings. The lowest BCUT2D eigenvalue weighted by Gasteiger charge is -2.17. The van der Waals surface area contributed by atoms with E-state index in [1.165, 1.54) is 6.33 Å². The highest BCUT2D eigenvalue weighted by atomic mass is 79.9. The SMILES string of the molecule is C[C@H]1O[C@@H](n2cc(Br)c3c(N)ncnc32)C(O)C1O. The van der Waals surface area contributed by atoms with E-state index in [1.807, 2.05) is 0 Å². The minimum atomic E-state index is -1.02. The van der Waals surface area contributed by atoms with Gasteiger partial charge in [-0.1, -0.05) is 0 Å². The first kappa shape index (κ1) is 12.8.